The summed E-state index contributed by atoms with van der Waals surface area (Å²) in [6, 6.07) is 28.9. The van der Waals surface area contributed by atoms with Crippen molar-refractivity contribution < 1.29 is 28.8 Å². The van der Waals surface area contributed by atoms with Gasteiger partial charge in [0.25, 0.3) is 5.91 Å². The van der Waals surface area contributed by atoms with E-state index >= 15 is 0 Å². The Morgan fingerprint density at radius 2 is 1.56 bits per heavy atom. The zero-order chi connectivity index (χ0) is 31.3. The van der Waals surface area contributed by atoms with Crippen LogP contribution in [0.3, 0.4) is 0 Å². The third-order valence-electron chi connectivity index (χ3n) is 8.84. The Labute approximate surface area is 264 Å². The molecular formula is C37H40N2O6. The lowest BCUT2D eigenvalue weighted by molar-refractivity contribution is -0.276. The van der Waals surface area contributed by atoms with Crippen LogP contribution in [0.5, 0.6) is 11.5 Å². The summed E-state index contributed by atoms with van der Waals surface area (Å²) in [4.78, 5) is 15.1. The van der Waals surface area contributed by atoms with Crippen LogP contribution < -0.4 is 14.8 Å². The van der Waals surface area contributed by atoms with E-state index in [0.717, 1.165) is 54.2 Å². The van der Waals surface area contributed by atoms with Crippen molar-refractivity contribution >= 4 is 11.6 Å². The number of ether oxygens (including phenoxy) is 4. The number of nitrogens with one attached hydrogen (secondary N) is 1. The van der Waals surface area contributed by atoms with E-state index in [1.54, 1.807) is 26.4 Å². The fraction of sp³-hybridized carbons (Fsp3) is 0.324. The van der Waals surface area contributed by atoms with Gasteiger partial charge in [-0.1, -0.05) is 61.5 Å². The highest BCUT2D eigenvalue weighted by Crippen LogP contribution is 2.42. The number of methoxy groups -OCH3 is 2. The van der Waals surface area contributed by atoms with Crippen molar-refractivity contribution in [2.45, 2.75) is 45.0 Å². The smallest absolute Gasteiger partial charge is 0.255 e. The van der Waals surface area contributed by atoms with Gasteiger partial charge in [0, 0.05) is 42.4 Å². The van der Waals surface area contributed by atoms with E-state index in [-0.39, 0.29) is 30.6 Å². The number of amides is 1. The van der Waals surface area contributed by atoms with Gasteiger partial charge in [0.15, 0.2) is 17.8 Å². The van der Waals surface area contributed by atoms with Crippen molar-refractivity contribution in [1.82, 2.24) is 4.90 Å². The van der Waals surface area contributed by atoms with Crippen molar-refractivity contribution in [1.29, 1.82) is 0 Å². The maximum absolute atomic E-state index is 12.7. The number of anilines is 1. The molecule has 4 aromatic rings. The minimum absolute atomic E-state index is 0.00400. The molecule has 2 aliphatic heterocycles. The molecule has 234 valence electrons. The molecule has 0 aliphatic carbocycles. The molecule has 2 aliphatic rings. The van der Waals surface area contributed by atoms with Gasteiger partial charge in [-0.3, -0.25) is 9.69 Å². The Morgan fingerprint density at radius 3 is 2.22 bits per heavy atom. The zero-order valence-corrected chi connectivity index (χ0v) is 25.9. The standard InChI is InChI=1S/C37H40N2O6/c1-24-34(22-39-18-17-29-19-32(42-2)33(43-3)20-30(29)21-39)44-37(45-35(24)26-11-9-25(23-40)10-12-26)28-13-15-31(16-14-28)38-36(41)27-7-5-4-6-8-27/h4-16,19-20,24,34-35,37,40H,17-18,21-23H2,1-3H3,(H,38,41)/t24-,34+,35+,37+/m1/s1. The second-order valence-corrected chi connectivity index (χ2v) is 11.7. The fourth-order valence-corrected chi connectivity index (χ4v) is 6.20. The van der Waals surface area contributed by atoms with Gasteiger partial charge >= 0.3 is 0 Å². The van der Waals surface area contributed by atoms with E-state index in [9.17, 15) is 9.90 Å². The van der Waals surface area contributed by atoms with Gasteiger partial charge in [-0.15, -0.1) is 0 Å². The Balaban J connectivity index is 1.21. The average Bonchev–Trinajstić information content (AvgIpc) is 3.09. The topological polar surface area (TPSA) is 89.5 Å². The predicted molar refractivity (Wildman–Crippen MR) is 172 cm³/mol. The molecule has 4 aromatic carbocycles. The normalized spacial score (nSPS) is 21.5. The average molecular weight is 609 g/mol. The van der Waals surface area contributed by atoms with Crippen LogP contribution in [0, 0.1) is 5.92 Å². The molecule has 0 saturated carbocycles. The van der Waals surface area contributed by atoms with Gasteiger partial charge in [-0.25, -0.2) is 0 Å². The summed E-state index contributed by atoms with van der Waals surface area (Å²) in [5.74, 6) is 1.41. The van der Waals surface area contributed by atoms with Crippen LogP contribution in [-0.2, 0) is 29.0 Å². The van der Waals surface area contributed by atoms with Crippen LogP contribution in [0.25, 0.3) is 0 Å². The van der Waals surface area contributed by atoms with Crippen molar-refractivity contribution in [3.8, 4) is 11.5 Å². The quantitative estimate of drug-likeness (QED) is 0.231. The van der Waals surface area contributed by atoms with E-state index in [2.05, 4.69) is 29.3 Å². The molecule has 8 nitrogen and oxygen atoms in total. The summed E-state index contributed by atoms with van der Waals surface area (Å²) < 4.78 is 24.5. The Bertz CT molecular complexity index is 1590. The lowest BCUT2D eigenvalue weighted by atomic mass is 9.89. The third-order valence-corrected chi connectivity index (χ3v) is 8.84. The minimum atomic E-state index is -0.589. The number of carbonyl (C=O) groups excluding carboxylic acids is 1. The highest BCUT2D eigenvalue weighted by Gasteiger charge is 2.39. The molecule has 1 saturated heterocycles. The number of fused-ring (bicyclic) bond motifs is 1. The molecule has 0 radical (unpaired) electrons. The van der Waals surface area contributed by atoms with Gasteiger partial charge in [-0.05, 0) is 65.1 Å². The lowest BCUT2D eigenvalue weighted by Crippen LogP contribution is -2.45. The third kappa shape index (κ3) is 6.89. The monoisotopic (exact) mass is 608 g/mol. The predicted octanol–water partition coefficient (Wildman–Crippen LogP) is 6.30. The van der Waals surface area contributed by atoms with E-state index in [0.29, 0.717) is 11.3 Å². The van der Waals surface area contributed by atoms with Crippen LogP contribution in [0.15, 0.2) is 91.0 Å². The van der Waals surface area contributed by atoms with Crippen molar-refractivity contribution in [3.63, 3.8) is 0 Å². The highest BCUT2D eigenvalue weighted by atomic mass is 16.7. The molecular weight excluding hydrogens is 568 g/mol. The summed E-state index contributed by atoms with van der Waals surface area (Å²) in [5, 5.41) is 12.5. The van der Waals surface area contributed by atoms with Crippen LogP contribution >= 0.6 is 0 Å². The van der Waals surface area contributed by atoms with Crippen molar-refractivity contribution in [3.05, 3.63) is 124 Å². The maximum Gasteiger partial charge on any atom is 0.255 e. The van der Waals surface area contributed by atoms with Crippen LogP contribution in [0.1, 0.15) is 57.5 Å². The number of hydrogen-bond donors (Lipinski definition) is 2. The lowest BCUT2D eigenvalue weighted by Gasteiger charge is -2.43. The first-order valence-electron chi connectivity index (χ1n) is 15.4. The summed E-state index contributed by atoms with van der Waals surface area (Å²) in [6.45, 7) is 4.62. The Hall–Kier alpha value is -4.21. The molecule has 2 N–H and O–H groups in total. The number of hydrogen-bond acceptors (Lipinski definition) is 7. The number of aliphatic hydroxyl groups is 1. The first-order chi connectivity index (χ1) is 21.9. The van der Waals surface area contributed by atoms with Crippen molar-refractivity contribution in [2.24, 2.45) is 5.92 Å². The van der Waals surface area contributed by atoms with Crippen LogP contribution in [0.4, 0.5) is 5.69 Å². The maximum atomic E-state index is 12.7. The highest BCUT2D eigenvalue weighted by molar-refractivity contribution is 6.04. The number of rotatable bonds is 9. The van der Waals surface area contributed by atoms with Gasteiger partial charge in [0.1, 0.15) is 0 Å². The second-order valence-electron chi connectivity index (χ2n) is 11.7. The van der Waals surface area contributed by atoms with Gasteiger partial charge in [-0.2, -0.15) is 0 Å². The van der Waals surface area contributed by atoms with Gasteiger partial charge in [0.2, 0.25) is 0 Å². The van der Waals surface area contributed by atoms with E-state index in [4.69, 9.17) is 18.9 Å². The summed E-state index contributed by atoms with van der Waals surface area (Å²) in [6.07, 6.45) is 0.0127. The zero-order valence-electron chi connectivity index (χ0n) is 25.9. The molecule has 1 fully saturated rings. The first kappa shape index (κ1) is 30.8. The Morgan fingerprint density at radius 1 is 0.889 bits per heavy atom. The van der Waals surface area contributed by atoms with Gasteiger partial charge in [0.05, 0.1) is 33.0 Å². The van der Waals surface area contributed by atoms with Crippen LogP contribution in [-0.4, -0.2) is 49.3 Å². The number of benzene rings is 4. The summed E-state index contributed by atoms with van der Waals surface area (Å²) in [5.41, 5.74) is 6.60. The van der Waals surface area contributed by atoms with Crippen LogP contribution in [0.2, 0.25) is 0 Å². The molecule has 0 bridgehead atoms. The second kappa shape index (κ2) is 13.8. The SMILES string of the molecule is COc1cc2c(cc1OC)CN(C[C@@H]1O[C@H](c3ccc(NC(=O)c4ccccc4)cc3)O[C@H](c3ccc(CO)cc3)[C@@H]1C)CC2. The molecule has 1 amide bonds. The number of nitrogens with zero attached hydrogens (tertiary/aromatic N) is 1. The summed E-state index contributed by atoms with van der Waals surface area (Å²) in [7, 11) is 3.33. The fourth-order valence-electron chi connectivity index (χ4n) is 6.20. The van der Waals surface area contributed by atoms with Gasteiger partial charge < -0.3 is 29.4 Å². The molecule has 0 unspecified atom stereocenters. The molecule has 2 heterocycles. The number of carbonyl (C=O) groups is 1. The molecule has 6 rings (SSSR count). The number of aliphatic hydroxyl groups excluding tert-OH is 1. The largest absolute Gasteiger partial charge is 0.493 e. The molecule has 0 aromatic heterocycles. The molecule has 8 heteroatoms. The molecule has 4 atom stereocenters. The minimum Gasteiger partial charge on any atom is -0.493 e. The first-order valence-corrected chi connectivity index (χ1v) is 15.4. The van der Waals surface area contributed by atoms with Crippen molar-refractivity contribution in [2.75, 3.05) is 32.6 Å². The summed E-state index contributed by atoms with van der Waals surface area (Å²) >= 11 is 0. The Kier molecular flexibility index (Phi) is 9.47. The van der Waals surface area contributed by atoms with E-state index < -0.39 is 6.29 Å². The van der Waals surface area contributed by atoms with E-state index in [1.807, 2.05) is 66.7 Å². The molecule has 0 spiro atoms. The van der Waals surface area contributed by atoms with E-state index in [1.165, 1.54) is 11.1 Å². The molecule has 45 heavy (non-hydrogen) atoms.